The summed E-state index contributed by atoms with van der Waals surface area (Å²) in [6.07, 6.45) is 0.906. The van der Waals surface area contributed by atoms with Crippen LogP contribution in [0.1, 0.15) is 29.4 Å². The Labute approximate surface area is 163 Å². The number of nitrogens with one attached hydrogen (secondary N) is 1. The molecule has 4 rings (SSSR count). The third-order valence-corrected chi connectivity index (χ3v) is 4.98. The van der Waals surface area contributed by atoms with E-state index in [0.29, 0.717) is 61.9 Å². The summed E-state index contributed by atoms with van der Waals surface area (Å²) in [5.74, 6) is 1.22. The molecule has 2 aliphatic rings. The first-order valence-electron chi connectivity index (χ1n) is 9.21. The molecule has 7 nitrogen and oxygen atoms in total. The van der Waals surface area contributed by atoms with Crippen LogP contribution in [0.15, 0.2) is 24.3 Å². The van der Waals surface area contributed by atoms with Crippen molar-refractivity contribution in [2.45, 2.75) is 19.9 Å². The Morgan fingerprint density at radius 1 is 1.19 bits per heavy atom. The number of aromatic nitrogens is 2. The van der Waals surface area contributed by atoms with Gasteiger partial charge in [0.25, 0.3) is 5.91 Å². The molecule has 0 aliphatic carbocycles. The van der Waals surface area contributed by atoms with Crippen molar-refractivity contribution in [1.29, 1.82) is 0 Å². The average molecular weight is 388 g/mol. The second kappa shape index (κ2) is 7.70. The van der Waals surface area contributed by atoms with Crippen LogP contribution >= 0.6 is 11.6 Å². The fourth-order valence-electron chi connectivity index (χ4n) is 3.34. The van der Waals surface area contributed by atoms with Gasteiger partial charge in [0.2, 0.25) is 5.95 Å². The Balaban J connectivity index is 1.72. The minimum absolute atomic E-state index is 0.0251. The molecule has 1 aromatic heterocycles. The van der Waals surface area contributed by atoms with Gasteiger partial charge < -0.3 is 19.9 Å². The standard InChI is InChI=1S/C19H22ClN5O2/c1-2-7-25-12-15-16(18(25)26)22-19(24-8-10-27-11-9-24)23-17(15)21-14-5-3-13(20)4-6-14/h3-6H,2,7-12H2,1H3,(H,21,22,23). The molecule has 0 unspecified atom stereocenters. The molecule has 0 saturated carbocycles. The number of nitrogens with zero attached hydrogens (tertiary/aromatic N) is 4. The van der Waals surface area contributed by atoms with E-state index in [9.17, 15) is 4.79 Å². The number of hydrogen-bond acceptors (Lipinski definition) is 6. The van der Waals surface area contributed by atoms with Crippen molar-refractivity contribution in [3.8, 4) is 0 Å². The lowest BCUT2D eigenvalue weighted by atomic mass is 10.2. The van der Waals surface area contributed by atoms with Gasteiger partial charge in [-0.05, 0) is 30.7 Å². The Kier molecular flexibility index (Phi) is 5.13. The van der Waals surface area contributed by atoms with Crippen molar-refractivity contribution in [3.63, 3.8) is 0 Å². The number of hydrogen-bond donors (Lipinski definition) is 1. The highest BCUT2D eigenvalue weighted by Gasteiger charge is 2.33. The van der Waals surface area contributed by atoms with Gasteiger partial charge in [0.15, 0.2) is 0 Å². The smallest absolute Gasteiger partial charge is 0.273 e. The van der Waals surface area contributed by atoms with Gasteiger partial charge in [-0.3, -0.25) is 4.79 Å². The first-order chi connectivity index (χ1) is 13.2. The van der Waals surface area contributed by atoms with E-state index in [0.717, 1.165) is 17.7 Å². The van der Waals surface area contributed by atoms with Crippen LogP contribution in [-0.4, -0.2) is 53.6 Å². The van der Waals surface area contributed by atoms with Crippen LogP contribution in [0.3, 0.4) is 0 Å². The Morgan fingerprint density at radius 3 is 2.63 bits per heavy atom. The quantitative estimate of drug-likeness (QED) is 0.850. The van der Waals surface area contributed by atoms with E-state index in [2.05, 4.69) is 22.1 Å². The highest BCUT2D eigenvalue weighted by atomic mass is 35.5. The fourth-order valence-corrected chi connectivity index (χ4v) is 3.47. The molecule has 8 heteroatoms. The van der Waals surface area contributed by atoms with Crippen LogP contribution in [-0.2, 0) is 11.3 Å². The summed E-state index contributed by atoms with van der Waals surface area (Å²) in [5, 5.41) is 4.02. The largest absolute Gasteiger partial charge is 0.378 e. The lowest BCUT2D eigenvalue weighted by Gasteiger charge is -2.27. The van der Waals surface area contributed by atoms with Crippen LogP contribution in [0.5, 0.6) is 0 Å². The molecule has 1 aromatic carbocycles. The molecule has 142 valence electrons. The summed E-state index contributed by atoms with van der Waals surface area (Å²) in [6, 6.07) is 7.43. The maximum Gasteiger partial charge on any atom is 0.273 e. The van der Waals surface area contributed by atoms with Crippen LogP contribution in [0.4, 0.5) is 17.5 Å². The van der Waals surface area contributed by atoms with Crippen molar-refractivity contribution in [2.75, 3.05) is 43.1 Å². The molecule has 1 N–H and O–H groups in total. The summed E-state index contributed by atoms with van der Waals surface area (Å²) in [6.45, 7) is 6.00. The highest BCUT2D eigenvalue weighted by molar-refractivity contribution is 6.30. The topological polar surface area (TPSA) is 70.6 Å². The summed E-state index contributed by atoms with van der Waals surface area (Å²) in [5.41, 5.74) is 2.21. The summed E-state index contributed by atoms with van der Waals surface area (Å²) in [7, 11) is 0. The normalized spacial score (nSPS) is 16.6. The monoisotopic (exact) mass is 387 g/mol. The molecule has 2 aromatic rings. The summed E-state index contributed by atoms with van der Waals surface area (Å²) >= 11 is 5.98. The number of carbonyl (C=O) groups excluding carboxylic acids is 1. The lowest BCUT2D eigenvalue weighted by molar-refractivity contribution is 0.0774. The molecule has 0 spiro atoms. The maximum absolute atomic E-state index is 12.8. The van der Waals surface area contributed by atoms with Gasteiger partial charge in [-0.25, -0.2) is 4.98 Å². The Bertz CT molecular complexity index is 837. The molecule has 1 saturated heterocycles. The van der Waals surface area contributed by atoms with Gasteiger partial charge >= 0.3 is 0 Å². The number of ether oxygens (including phenoxy) is 1. The predicted molar refractivity (Wildman–Crippen MR) is 105 cm³/mol. The van der Waals surface area contributed by atoms with Gasteiger partial charge in [-0.2, -0.15) is 4.98 Å². The SMILES string of the molecule is CCCN1Cc2c(Nc3ccc(Cl)cc3)nc(N3CCOCC3)nc2C1=O. The van der Waals surface area contributed by atoms with Gasteiger partial charge in [0.1, 0.15) is 11.5 Å². The third kappa shape index (κ3) is 3.70. The van der Waals surface area contributed by atoms with Crippen LogP contribution < -0.4 is 10.2 Å². The molecule has 1 fully saturated rings. The number of carbonyl (C=O) groups is 1. The molecule has 0 atom stereocenters. The average Bonchev–Trinajstić information content (AvgIpc) is 3.01. The zero-order valence-electron chi connectivity index (χ0n) is 15.2. The van der Waals surface area contributed by atoms with Crippen LogP contribution in [0.2, 0.25) is 5.02 Å². The second-order valence-corrected chi connectivity index (χ2v) is 7.09. The van der Waals surface area contributed by atoms with Gasteiger partial charge in [-0.15, -0.1) is 0 Å². The molecule has 1 amide bonds. The number of rotatable bonds is 5. The minimum atomic E-state index is -0.0251. The third-order valence-electron chi connectivity index (χ3n) is 4.73. The Hall–Kier alpha value is -2.38. The number of fused-ring (bicyclic) bond motifs is 1. The summed E-state index contributed by atoms with van der Waals surface area (Å²) in [4.78, 5) is 26.1. The lowest BCUT2D eigenvalue weighted by Crippen LogP contribution is -2.37. The highest BCUT2D eigenvalue weighted by Crippen LogP contribution is 2.31. The molecular formula is C19H22ClN5O2. The maximum atomic E-state index is 12.8. The first-order valence-corrected chi connectivity index (χ1v) is 9.59. The fraction of sp³-hybridized carbons (Fsp3) is 0.421. The first kappa shape index (κ1) is 18.0. The molecule has 0 radical (unpaired) electrons. The van der Waals surface area contributed by atoms with E-state index in [1.165, 1.54) is 0 Å². The van der Waals surface area contributed by atoms with E-state index in [-0.39, 0.29) is 5.91 Å². The minimum Gasteiger partial charge on any atom is -0.378 e. The van der Waals surface area contributed by atoms with Gasteiger partial charge in [0.05, 0.1) is 19.8 Å². The number of amides is 1. The Morgan fingerprint density at radius 2 is 1.93 bits per heavy atom. The van der Waals surface area contributed by atoms with E-state index in [1.807, 2.05) is 29.2 Å². The number of morpholine rings is 1. The van der Waals surface area contributed by atoms with Crippen molar-refractivity contribution in [3.05, 3.63) is 40.5 Å². The molecule has 2 aliphatic heterocycles. The van der Waals surface area contributed by atoms with Crippen molar-refractivity contribution in [2.24, 2.45) is 0 Å². The molecular weight excluding hydrogens is 366 g/mol. The van der Waals surface area contributed by atoms with Crippen LogP contribution in [0, 0.1) is 0 Å². The van der Waals surface area contributed by atoms with Crippen LogP contribution in [0.25, 0.3) is 0 Å². The van der Waals surface area contributed by atoms with E-state index >= 15 is 0 Å². The van der Waals surface area contributed by atoms with Crippen molar-refractivity contribution < 1.29 is 9.53 Å². The molecule has 27 heavy (non-hydrogen) atoms. The van der Waals surface area contributed by atoms with Gasteiger partial charge in [-0.1, -0.05) is 18.5 Å². The molecule has 0 bridgehead atoms. The van der Waals surface area contributed by atoms with E-state index in [4.69, 9.17) is 21.3 Å². The molecule has 3 heterocycles. The zero-order chi connectivity index (χ0) is 18.8. The number of benzene rings is 1. The van der Waals surface area contributed by atoms with E-state index < -0.39 is 0 Å². The van der Waals surface area contributed by atoms with E-state index in [1.54, 1.807) is 0 Å². The van der Waals surface area contributed by atoms with Crippen molar-refractivity contribution >= 4 is 35.0 Å². The van der Waals surface area contributed by atoms with Crippen molar-refractivity contribution in [1.82, 2.24) is 14.9 Å². The number of halogens is 1. The summed E-state index contributed by atoms with van der Waals surface area (Å²) < 4.78 is 5.42. The second-order valence-electron chi connectivity index (χ2n) is 6.66. The number of anilines is 3. The zero-order valence-corrected chi connectivity index (χ0v) is 16.0. The predicted octanol–water partition coefficient (Wildman–Crippen LogP) is 3.08. The van der Waals surface area contributed by atoms with Gasteiger partial charge in [0, 0.05) is 35.9 Å².